The molecule has 1 amide bonds. The summed E-state index contributed by atoms with van der Waals surface area (Å²) < 4.78 is 7.29. The number of hydrogen-bond acceptors (Lipinski definition) is 3. The highest BCUT2D eigenvalue weighted by Crippen LogP contribution is 2.30. The summed E-state index contributed by atoms with van der Waals surface area (Å²) in [6, 6.07) is 10.9. The maximum absolute atomic E-state index is 13.3. The number of fused-ring (bicyclic) bond motifs is 1. The number of aryl methyl sites for hydroxylation is 1. The number of methoxy groups -OCH3 is 1. The van der Waals surface area contributed by atoms with Crippen molar-refractivity contribution >= 4 is 16.8 Å². The fraction of sp³-hybridized carbons (Fsp3) is 0.417. The summed E-state index contributed by atoms with van der Waals surface area (Å²) in [7, 11) is 1.69. The van der Waals surface area contributed by atoms with E-state index in [1.54, 1.807) is 13.3 Å². The van der Waals surface area contributed by atoms with Gasteiger partial charge < -0.3 is 14.2 Å². The van der Waals surface area contributed by atoms with Crippen LogP contribution in [-0.2, 0) is 17.7 Å². The normalized spacial score (nSPS) is 15.2. The first-order chi connectivity index (χ1) is 14.2. The van der Waals surface area contributed by atoms with Crippen molar-refractivity contribution in [3.8, 4) is 0 Å². The highest BCUT2D eigenvalue weighted by atomic mass is 16.5. The molecule has 0 unspecified atom stereocenters. The molecule has 5 heteroatoms. The van der Waals surface area contributed by atoms with Crippen LogP contribution < -0.4 is 0 Å². The van der Waals surface area contributed by atoms with Crippen LogP contribution in [0, 0.1) is 0 Å². The first kappa shape index (κ1) is 19.6. The maximum atomic E-state index is 13.3. The Balaban J connectivity index is 1.50. The molecular formula is C24H29N3O2. The van der Waals surface area contributed by atoms with Gasteiger partial charge in [0.1, 0.15) is 0 Å². The molecule has 1 aromatic carbocycles. The number of amides is 1. The van der Waals surface area contributed by atoms with Crippen molar-refractivity contribution in [2.75, 3.05) is 26.8 Å². The van der Waals surface area contributed by atoms with Crippen LogP contribution in [0.2, 0.25) is 0 Å². The molecule has 1 aliphatic heterocycles. The summed E-state index contributed by atoms with van der Waals surface area (Å²) in [4.78, 5) is 19.6. The summed E-state index contributed by atoms with van der Waals surface area (Å²) >= 11 is 0. The molecule has 3 aromatic rings. The molecule has 0 aliphatic carbocycles. The van der Waals surface area contributed by atoms with Gasteiger partial charge in [0, 0.05) is 44.5 Å². The molecule has 0 bridgehead atoms. The van der Waals surface area contributed by atoms with E-state index >= 15 is 0 Å². The lowest BCUT2D eigenvalue weighted by Gasteiger charge is -2.32. The van der Waals surface area contributed by atoms with Gasteiger partial charge in [-0.15, -0.1) is 0 Å². The quantitative estimate of drug-likeness (QED) is 0.631. The van der Waals surface area contributed by atoms with Crippen LogP contribution in [0.3, 0.4) is 0 Å². The molecule has 1 saturated heterocycles. The Labute approximate surface area is 172 Å². The molecule has 0 spiro atoms. The van der Waals surface area contributed by atoms with Gasteiger partial charge in [0.15, 0.2) is 0 Å². The van der Waals surface area contributed by atoms with E-state index in [0.29, 0.717) is 19.1 Å². The standard InChI is InChI=1S/C24H29N3O2/c1-3-18-5-4-6-20(15-18)19-8-11-26(12-9-19)24(28)22-17-27(13-14-29-2)23-16-25-10-7-21(22)23/h4-7,10,15-17,19H,3,8-9,11-14H2,1-2H3. The molecule has 0 N–H and O–H groups in total. The Morgan fingerprint density at radius 2 is 2.07 bits per heavy atom. The maximum Gasteiger partial charge on any atom is 0.256 e. The topological polar surface area (TPSA) is 47.4 Å². The summed E-state index contributed by atoms with van der Waals surface area (Å²) in [5, 5.41) is 0.971. The minimum Gasteiger partial charge on any atom is -0.383 e. The molecule has 1 aliphatic rings. The second-order valence-corrected chi connectivity index (χ2v) is 7.79. The molecule has 0 radical (unpaired) electrons. The number of aromatic nitrogens is 2. The largest absolute Gasteiger partial charge is 0.383 e. The average Bonchev–Trinajstić information content (AvgIpc) is 3.16. The number of nitrogens with zero attached hydrogens (tertiary/aromatic N) is 3. The SMILES string of the molecule is CCc1cccc(C2CCN(C(=O)c3cn(CCOC)c4cnccc34)CC2)c1. The van der Waals surface area contributed by atoms with E-state index in [2.05, 4.69) is 40.7 Å². The van der Waals surface area contributed by atoms with Crippen molar-refractivity contribution in [3.05, 3.63) is 65.6 Å². The minimum atomic E-state index is 0.123. The molecule has 0 atom stereocenters. The smallest absolute Gasteiger partial charge is 0.256 e. The van der Waals surface area contributed by atoms with Crippen LogP contribution in [0.15, 0.2) is 48.9 Å². The Hall–Kier alpha value is -2.66. The Morgan fingerprint density at radius 3 is 2.83 bits per heavy atom. The van der Waals surface area contributed by atoms with E-state index < -0.39 is 0 Å². The summed E-state index contributed by atoms with van der Waals surface area (Å²) in [6.07, 6.45) is 8.64. The van der Waals surface area contributed by atoms with Crippen LogP contribution in [0.5, 0.6) is 0 Å². The number of hydrogen-bond donors (Lipinski definition) is 0. The second kappa shape index (κ2) is 8.78. The number of carbonyl (C=O) groups excluding carboxylic acids is 1. The third-order valence-corrected chi connectivity index (χ3v) is 6.06. The lowest BCUT2D eigenvalue weighted by atomic mass is 9.88. The van der Waals surface area contributed by atoms with E-state index in [1.165, 1.54) is 11.1 Å². The molecule has 152 valence electrons. The van der Waals surface area contributed by atoms with Gasteiger partial charge in [0.05, 0.1) is 23.9 Å². The monoisotopic (exact) mass is 391 g/mol. The van der Waals surface area contributed by atoms with Crippen molar-refractivity contribution in [3.63, 3.8) is 0 Å². The fourth-order valence-electron chi connectivity index (χ4n) is 4.34. The van der Waals surface area contributed by atoms with Crippen molar-refractivity contribution in [2.24, 2.45) is 0 Å². The number of benzene rings is 1. The minimum absolute atomic E-state index is 0.123. The molecule has 3 heterocycles. The second-order valence-electron chi connectivity index (χ2n) is 7.79. The van der Waals surface area contributed by atoms with Gasteiger partial charge >= 0.3 is 0 Å². The third kappa shape index (κ3) is 4.06. The van der Waals surface area contributed by atoms with Gasteiger partial charge in [-0.1, -0.05) is 31.2 Å². The number of likely N-dealkylation sites (tertiary alicyclic amines) is 1. The van der Waals surface area contributed by atoms with Gasteiger partial charge in [-0.3, -0.25) is 9.78 Å². The first-order valence-electron chi connectivity index (χ1n) is 10.5. The molecule has 4 rings (SSSR count). The predicted octanol–water partition coefficient (Wildman–Crippen LogP) is 4.26. The number of rotatable bonds is 6. The van der Waals surface area contributed by atoms with E-state index in [9.17, 15) is 4.79 Å². The highest BCUT2D eigenvalue weighted by Gasteiger charge is 2.26. The van der Waals surface area contributed by atoms with Crippen molar-refractivity contribution in [1.82, 2.24) is 14.5 Å². The average molecular weight is 392 g/mol. The zero-order chi connectivity index (χ0) is 20.2. The Kier molecular flexibility index (Phi) is 5.95. The summed E-state index contributed by atoms with van der Waals surface area (Å²) in [5.41, 5.74) is 4.56. The number of pyridine rings is 1. The molecular weight excluding hydrogens is 362 g/mol. The van der Waals surface area contributed by atoms with E-state index in [4.69, 9.17) is 4.74 Å². The Bertz CT molecular complexity index is 987. The summed E-state index contributed by atoms with van der Waals surface area (Å²) in [6.45, 7) is 5.11. The molecule has 29 heavy (non-hydrogen) atoms. The zero-order valence-corrected chi connectivity index (χ0v) is 17.3. The molecule has 1 fully saturated rings. The number of carbonyl (C=O) groups is 1. The lowest BCUT2D eigenvalue weighted by molar-refractivity contribution is 0.0714. The van der Waals surface area contributed by atoms with Gasteiger partial charge in [0.2, 0.25) is 0 Å². The van der Waals surface area contributed by atoms with Crippen molar-refractivity contribution in [1.29, 1.82) is 0 Å². The van der Waals surface area contributed by atoms with Crippen molar-refractivity contribution < 1.29 is 9.53 Å². The lowest BCUT2D eigenvalue weighted by Crippen LogP contribution is -2.37. The van der Waals surface area contributed by atoms with Gasteiger partial charge in [-0.25, -0.2) is 0 Å². The van der Waals surface area contributed by atoms with Crippen LogP contribution in [0.25, 0.3) is 10.9 Å². The molecule has 2 aromatic heterocycles. The van der Waals surface area contributed by atoms with Crippen LogP contribution in [-0.4, -0.2) is 47.2 Å². The molecule has 0 saturated carbocycles. The first-order valence-corrected chi connectivity index (χ1v) is 10.5. The van der Waals surface area contributed by atoms with Gasteiger partial charge in [-0.05, 0) is 42.4 Å². The number of ether oxygens (including phenoxy) is 1. The van der Waals surface area contributed by atoms with Gasteiger partial charge in [0.25, 0.3) is 5.91 Å². The van der Waals surface area contributed by atoms with E-state index in [1.807, 2.05) is 23.4 Å². The van der Waals surface area contributed by atoms with Gasteiger partial charge in [-0.2, -0.15) is 0 Å². The van der Waals surface area contributed by atoms with E-state index in [0.717, 1.165) is 48.8 Å². The molecule has 5 nitrogen and oxygen atoms in total. The zero-order valence-electron chi connectivity index (χ0n) is 17.3. The Morgan fingerprint density at radius 1 is 1.24 bits per heavy atom. The predicted molar refractivity (Wildman–Crippen MR) is 115 cm³/mol. The fourth-order valence-corrected chi connectivity index (χ4v) is 4.34. The highest BCUT2D eigenvalue weighted by molar-refractivity contribution is 6.06. The van der Waals surface area contributed by atoms with Crippen LogP contribution in [0.4, 0.5) is 0 Å². The van der Waals surface area contributed by atoms with Crippen LogP contribution in [0.1, 0.15) is 47.2 Å². The van der Waals surface area contributed by atoms with Crippen LogP contribution >= 0.6 is 0 Å². The third-order valence-electron chi connectivity index (χ3n) is 6.06. The summed E-state index contributed by atoms with van der Waals surface area (Å²) in [5.74, 6) is 0.663. The van der Waals surface area contributed by atoms with E-state index in [-0.39, 0.29) is 5.91 Å². The number of piperidine rings is 1. The van der Waals surface area contributed by atoms with Crippen molar-refractivity contribution in [2.45, 2.75) is 38.6 Å².